The lowest BCUT2D eigenvalue weighted by molar-refractivity contribution is 0.430. The highest BCUT2D eigenvalue weighted by atomic mass is 35.5. The first-order valence-corrected chi connectivity index (χ1v) is 9.61. The van der Waals surface area contributed by atoms with E-state index in [0.29, 0.717) is 24.0 Å². The molecule has 0 aliphatic heterocycles. The Morgan fingerprint density at radius 1 is 1.00 bits per heavy atom. The van der Waals surface area contributed by atoms with Crippen LogP contribution in [0, 0.1) is 0 Å². The molecule has 0 radical (unpaired) electrons. The van der Waals surface area contributed by atoms with Gasteiger partial charge in [-0.05, 0) is 35.2 Å². The van der Waals surface area contributed by atoms with Gasteiger partial charge in [-0.2, -0.15) is 10.1 Å². The van der Waals surface area contributed by atoms with Crippen molar-refractivity contribution in [2.75, 3.05) is 0 Å². The number of hydrogen-bond donors (Lipinski definition) is 0. The van der Waals surface area contributed by atoms with Gasteiger partial charge in [0, 0.05) is 10.4 Å². The molecule has 0 saturated heterocycles. The molecule has 27 heavy (non-hydrogen) atoms. The van der Waals surface area contributed by atoms with Gasteiger partial charge in [0.2, 0.25) is 5.82 Å². The van der Waals surface area contributed by atoms with Crippen molar-refractivity contribution < 1.29 is 4.52 Å². The molecule has 0 spiro atoms. The Hall–Kier alpha value is -2.96. The van der Waals surface area contributed by atoms with E-state index in [2.05, 4.69) is 10.1 Å². The molecule has 0 N–H and O–H groups in total. The van der Waals surface area contributed by atoms with Crippen molar-refractivity contribution in [1.82, 2.24) is 19.9 Å². The second kappa shape index (κ2) is 6.64. The van der Waals surface area contributed by atoms with Gasteiger partial charge in [0.25, 0.3) is 5.89 Å². The molecule has 0 fully saturated rings. The van der Waals surface area contributed by atoms with Crippen LogP contribution >= 0.6 is 22.9 Å². The third-order valence-electron chi connectivity index (χ3n) is 4.27. The summed E-state index contributed by atoms with van der Waals surface area (Å²) in [6.07, 6.45) is 0. The Bertz CT molecular complexity index is 1210. The van der Waals surface area contributed by atoms with Crippen molar-refractivity contribution in [2.24, 2.45) is 0 Å². The Morgan fingerprint density at radius 2 is 1.85 bits per heavy atom. The fourth-order valence-electron chi connectivity index (χ4n) is 2.99. The van der Waals surface area contributed by atoms with E-state index < -0.39 is 0 Å². The summed E-state index contributed by atoms with van der Waals surface area (Å²) in [5, 5.41) is 12.6. The van der Waals surface area contributed by atoms with Crippen LogP contribution in [0.4, 0.5) is 0 Å². The van der Waals surface area contributed by atoms with E-state index in [0.717, 1.165) is 26.4 Å². The zero-order valence-corrected chi connectivity index (χ0v) is 15.6. The molecule has 0 bridgehead atoms. The molecule has 132 valence electrons. The molecule has 0 atom stereocenters. The molecular weight excluding hydrogens is 380 g/mol. The summed E-state index contributed by atoms with van der Waals surface area (Å²) in [5.41, 5.74) is 2.82. The lowest BCUT2D eigenvalue weighted by Gasteiger charge is -2.03. The second-order valence-electron chi connectivity index (χ2n) is 6.05. The Kier molecular flexibility index (Phi) is 3.99. The Balaban J connectivity index is 1.58. The average molecular weight is 393 g/mol. The minimum absolute atomic E-state index is 0.421. The van der Waals surface area contributed by atoms with Crippen LogP contribution in [0.25, 0.3) is 33.2 Å². The van der Waals surface area contributed by atoms with Gasteiger partial charge in [0.1, 0.15) is 0 Å². The Labute approximate surface area is 163 Å². The third kappa shape index (κ3) is 3.03. The highest BCUT2D eigenvalue weighted by molar-refractivity contribution is 7.13. The molecule has 3 heterocycles. The largest absolute Gasteiger partial charge is 0.332 e. The molecule has 2 aromatic carbocycles. The first kappa shape index (κ1) is 16.2. The monoisotopic (exact) mass is 392 g/mol. The molecule has 5 aromatic rings. The summed E-state index contributed by atoms with van der Waals surface area (Å²) < 4.78 is 7.46. The van der Waals surface area contributed by atoms with Crippen molar-refractivity contribution >= 4 is 33.8 Å². The van der Waals surface area contributed by atoms with Gasteiger partial charge >= 0.3 is 0 Å². The SMILES string of the molecule is Clc1ccc(Cn2nc(-c3nc(-c4cccs4)no3)c3ccccc32)cc1. The van der Waals surface area contributed by atoms with Gasteiger partial charge in [0.05, 0.1) is 16.9 Å². The predicted octanol–water partition coefficient (Wildman–Crippen LogP) is 5.52. The molecule has 0 unspecified atom stereocenters. The smallest absolute Gasteiger partial charge is 0.279 e. The molecule has 0 amide bonds. The Morgan fingerprint density at radius 3 is 2.67 bits per heavy atom. The molecule has 7 heteroatoms. The fraction of sp³-hybridized carbons (Fsp3) is 0.0500. The molecule has 0 saturated carbocycles. The van der Waals surface area contributed by atoms with E-state index >= 15 is 0 Å². The van der Waals surface area contributed by atoms with Gasteiger partial charge in [-0.15, -0.1) is 11.3 Å². The summed E-state index contributed by atoms with van der Waals surface area (Å²) in [6, 6.07) is 19.7. The van der Waals surface area contributed by atoms with Crippen LogP contribution in [0.2, 0.25) is 5.02 Å². The van der Waals surface area contributed by atoms with E-state index in [4.69, 9.17) is 21.2 Å². The minimum atomic E-state index is 0.421. The van der Waals surface area contributed by atoms with Crippen LogP contribution in [0.15, 0.2) is 70.6 Å². The topological polar surface area (TPSA) is 56.7 Å². The van der Waals surface area contributed by atoms with Crippen LogP contribution in [-0.4, -0.2) is 19.9 Å². The molecule has 5 nitrogen and oxygen atoms in total. The van der Waals surface area contributed by atoms with Gasteiger partial charge in [-0.25, -0.2) is 0 Å². The van der Waals surface area contributed by atoms with Gasteiger partial charge < -0.3 is 4.52 Å². The fourth-order valence-corrected chi connectivity index (χ4v) is 3.77. The van der Waals surface area contributed by atoms with Crippen LogP contribution in [0.1, 0.15) is 5.56 Å². The highest BCUT2D eigenvalue weighted by Gasteiger charge is 2.19. The number of fused-ring (bicyclic) bond motifs is 1. The number of hydrogen-bond acceptors (Lipinski definition) is 5. The number of aromatic nitrogens is 4. The van der Waals surface area contributed by atoms with Crippen LogP contribution in [0.5, 0.6) is 0 Å². The van der Waals surface area contributed by atoms with Crippen molar-refractivity contribution in [2.45, 2.75) is 6.54 Å². The average Bonchev–Trinajstić information content (AvgIpc) is 3.43. The lowest BCUT2D eigenvalue weighted by atomic mass is 10.2. The standard InChI is InChI=1S/C20H13ClN4OS/c21-14-9-7-13(8-10-14)12-25-16-5-2-1-4-15(16)18(23-25)20-22-19(24-26-20)17-6-3-11-27-17/h1-11H,12H2. The summed E-state index contributed by atoms with van der Waals surface area (Å²) >= 11 is 7.56. The van der Waals surface area contributed by atoms with Gasteiger partial charge in [-0.3, -0.25) is 4.68 Å². The number of benzene rings is 2. The lowest BCUT2D eigenvalue weighted by Crippen LogP contribution is -2.01. The minimum Gasteiger partial charge on any atom is -0.332 e. The van der Waals surface area contributed by atoms with Crippen LogP contribution in [0.3, 0.4) is 0 Å². The number of thiophene rings is 1. The van der Waals surface area contributed by atoms with E-state index in [1.807, 2.05) is 70.7 Å². The van der Waals surface area contributed by atoms with Gasteiger partial charge in [-0.1, -0.05) is 53.2 Å². The predicted molar refractivity (Wildman–Crippen MR) is 107 cm³/mol. The van der Waals surface area contributed by atoms with E-state index in [1.165, 1.54) is 0 Å². The second-order valence-corrected chi connectivity index (χ2v) is 7.43. The highest BCUT2D eigenvalue weighted by Crippen LogP contribution is 2.30. The molecule has 0 aliphatic carbocycles. The number of halogens is 1. The van der Waals surface area contributed by atoms with Gasteiger partial charge in [0.15, 0.2) is 5.69 Å². The van der Waals surface area contributed by atoms with Crippen molar-refractivity contribution in [1.29, 1.82) is 0 Å². The first-order valence-electron chi connectivity index (χ1n) is 8.36. The van der Waals surface area contributed by atoms with Crippen LogP contribution < -0.4 is 0 Å². The van der Waals surface area contributed by atoms with E-state index in [9.17, 15) is 0 Å². The van der Waals surface area contributed by atoms with Crippen molar-refractivity contribution in [3.05, 3.63) is 76.6 Å². The van der Waals surface area contributed by atoms with E-state index in [-0.39, 0.29) is 0 Å². The first-order chi connectivity index (χ1) is 13.3. The molecule has 0 aliphatic rings. The molecule has 5 rings (SSSR count). The summed E-state index contributed by atoms with van der Waals surface area (Å²) in [7, 11) is 0. The van der Waals surface area contributed by atoms with Crippen molar-refractivity contribution in [3.8, 4) is 22.3 Å². The molecular formula is C20H13ClN4OS. The maximum atomic E-state index is 5.99. The maximum absolute atomic E-state index is 5.99. The summed E-state index contributed by atoms with van der Waals surface area (Å²) in [6.45, 7) is 0.629. The number of rotatable bonds is 4. The van der Waals surface area contributed by atoms with Crippen LogP contribution in [-0.2, 0) is 6.54 Å². The maximum Gasteiger partial charge on any atom is 0.279 e. The summed E-state index contributed by atoms with van der Waals surface area (Å²) in [4.78, 5) is 5.51. The zero-order chi connectivity index (χ0) is 18.2. The number of nitrogens with zero attached hydrogens (tertiary/aromatic N) is 4. The van der Waals surface area contributed by atoms with E-state index in [1.54, 1.807) is 11.3 Å². The summed E-state index contributed by atoms with van der Waals surface area (Å²) in [5.74, 6) is 1.00. The van der Waals surface area contributed by atoms with Crippen molar-refractivity contribution in [3.63, 3.8) is 0 Å². The normalized spacial score (nSPS) is 11.3. The number of para-hydroxylation sites is 1. The zero-order valence-electron chi connectivity index (χ0n) is 14.0. The third-order valence-corrected chi connectivity index (χ3v) is 5.39. The quantitative estimate of drug-likeness (QED) is 0.404. The molecule has 3 aromatic heterocycles.